The van der Waals surface area contributed by atoms with E-state index in [1.807, 2.05) is 39.0 Å². The lowest BCUT2D eigenvalue weighted by Crippen LogP contribution is -2.35. The van der Waals surface area contributed by atoms with E-state index < -0.39 is 10.0 Å². The number of hydrogen-bond donors (Lipinski definition) is 1. The monoisotopic (exact) mass is 400 g/mol. The molecule has 0 aliphatic heterocycles. The normalized spacial score (nSPS) is 14.0. The Morgan fingerprint density at radius 1 is 1.00 bits per heavy atom. The van der Waals surface area contributed by atoms with Crippen molar-refractivity contribution in [2.24, 2.45) is 0 Å². The van der Waals surface area contributed by atoms with Crippen LogP contribution in [0.3, 0.4) is 0 Å². The fourth-order valence-electron chi connectivity index (χ4n) is 3.89. The molecule has 1 amide bonds. The maximum Gasteiger partial charge on any atom is 0.243 e. The first-order chi connectivity index (χ1) is 13.2. The summed E-state index contributed by atoms with van der Waals surface area (Å²) in [5.41, 5.74) is 6.14. The molecule has 0 spiro atoms. The zero-order valence-corrected chi connectivity index (χ0v) is 17.8. The Kier molecular flexibility index (Phi) is 5.91. The van der Waals surface area contributed by atoms with E-state index in [-0.39, 0.29) is 17.3 Å². The van der Waals surface area contributed by atoms with Gasteiger partial charge in [0.05, 0.1) is 11.4 Å². The maximum absolute atomic E-state index is 12.9. The predicted molar refractivity (Wildman–Crippen MR) is 112 cm³/mol. The van der Waals surface area contributed by atoms with Crippen LogP contribution < -0.4 is 5.32 Å². The average Bonchev–Trinajstić information content (AvgIpc) is 2.64. The molecule has 28 heavy (non-hydrogen) atoms. The molecule has 0 radical (unpaired) electrons. The smallest absolute Gasteiger partial charge is 0.243 e. The minimum Gasteiger partial charge on any atom is -0.324 e. The average molecular weight is 401 g/mol. The van der Waals surface area contributed by atoms with Crippen molar-refractivity contribution < 1.29 is 13.2 Å². The molecule has 0 saturated carbocycles. The maximum atomic E-state index is 12.9. The van der Waals surface area contributed by atoms with Gasteiger partial charge >= 0.3 is 0 Å². The molecule has 3 rings (SSSR count). The van der Waals surface area contributed by atoms with E-state index in [4.69, 9.17) is 0 Å². The highest BCUT2D eigenvalue weighted by atomic mass is 32.2. The van der Waals surface area contributed by atoms with Gasteiger partial charge in [-0.15, -0.1) is 0 Å². The topological polar surface area (TPSA) is 66.5 Å². The van der Waals surface area contributed by atoms with Gasteiger partial charge in [0.15, 0.2) is 0 Å². The number of hydrogen-bond acceptors (Lipinski definition) is 3. The van der Waals surface area contributed by atoms with Crippen LogP contribution >= 0.6 is 0 Å². The molecule has 0 aromatic heterocycles. The Labute approximate surface area is 167 Å². The summed E-state index contributed by atoms with van der Waals surface area (Å²) in [4.78, 5) is 12.8. The summed E-state index contributed by atoms with van der Waals surface area (Å²) >= 11 is 0. The van der Waals surface area contributed by atoms with Gasteiger partial charge < -0.3 is 5.32 Å². The summed E-state index contributed by atoms with van der Waals surface area (Å²) in [7, 11) is -2.27. The van der Waals surface area contributed by atoms with Crippen LogP contribution in [0, 0.1) is 20.8 Å². The summed E-state index contributed by atoms with van der Waals surface area (Å²) in [6.45, 7) is 5.64. The molecular weight excluding hydrogens is 372 g/mol. The SMILES string of the molecule is Cc1cc(C)c(NC(=O)CN(C)S(=O)(=O)c2ccc3c(c2)CCCC3)c(C)c1. The van der Waals surface area contributed by atoms with Crippen molar-refractivity contribution in [1.82, 2.24) is 4.31 Å². The zero-order chi connectivity index (χ0) is 20.5. The van der Waals surface area contributed by atoms with Crippen LogP contribution in [0.25, 0.3) is 0 Å². The van der Waals surface area contributed by atoms with Crippen LogP contribution in [0.15, 0.2) is 35.2 Å². The Morgan fingerprint density at radius 2 is 1.61 bits per heavy atom. The third kappa shape index (κ3) is 4.28. The van der Waals surface area contributed by atoms with Gasteiger partial charge in [0.1, 0.15) is 0 Å². The largest absolute Gasteiger partial charge is 0.324 e. The molecule has 0 saturated heterocycles. The zero-order valence-electron chi connectivity index (χ0n) is 17.0. The van der Waals surface area contributed by atoms with Gasteiger partial charge in [-0.1, -0.05) is 23.8 Å². The Balaban J connectivity index is 1.75. The standard InChI is InChI=1S/C22H28N2O3S/c1-15-11-16(2)22(17(3)12-15)23-21(25)14-24(4)28(26,27)20-10-9-18-7-5-6-8-19(18)13-20/h9-13H,5-8,14H2,1-4H3,(H,23,25). The Hall–Kier alpha value is -2.18. The van der Waals surface area contributed by atoms with Crippen molar-refractivity contribution in [2.75, 3.05) is 18.9 Å². The van der Waals surface area contributed by atoms with Crippen molar-refractivity contribution >= 4 is 21.6 Å². The van der Waals surface area contributed by atoms with Crippen molar-refractivity contribution in [1.29, 1.82) is 0 Å². The molecule has 2 aromatic rings. The van der Waals surface area contributed by atoms with E-state index >= 15 is 0 Å². The molecular formula is C22H28N2O3S. The molecule has 0 unspecified atom stereocenters. The first-order valence-corrected chi connectivity index (χ1v) is 11.1. The second-order valence-corrected chi connectivity index (χ2v) is 9.77. The molecule has 1 aliphatic rings. The van der Waals surface area contributed by atoms with Crippen LogP contribution in [0.2, 0.25) is 0 Å². The molecule has 2 aromatic carbocycles. The van der Waals surface area contributed by atoms with E-state index in [2.05, 4.69) is 5.32 Å². The number of likely N-dealkylation sites (N-methyl/N-ethyl adjacent to an activating group) is 1. The highest BCUT2D eigenvalue weighted by molar-refractivity contribution is 7.89. The highest BCUT2D eigenvalue weighted by Crippen LogP contribution is 2.26. The fraction of sp³-hybridized carbons (Fsp3) is 0.409. The molecule has 0 fully saturated rings. The fourth-order valence-corrected chi connectivity index (χ4v) is 5.07. The first-order valence-electron chi connectivity index (χ1n) is 9.64. The number of sulfonamides is 1. The molecule has 0 bridgehead atoms. The number of carbonyl (C=O) groups is 1. The van der Waals surface area contributed by atoms with E-state index in [0.717, 1.165) is 57.9 Å². The van der Waals surface area contributed by atoms with Gasteiger partial charge in [-0.3, -0.25) is 4.79 Å². The minimum absolute atomic E-state index is 0.230. The van der Waals surface area contributed by atoms with Crippen molar-refractivity contribution in [3.8, 4) is 0 Å². The van der Waals surface area contributed by atoms with Gasteiger partial charge in [-0.25, -0.2) is 8.42 Å². The van der Waals surface area contributed by atoms with Gasteiger partial charge in [-0.05, 0) is 80.8 Å². The van der Waals surface area contributed by atoms with E-state index in [0.29, 0.717) is 0 Å². The quantitative estimate of drug-likeness (QED) is 0.831. The number of nitrogens with one attached hydrogen (secondary N) is 1. The highest BCUT2D eigenvalue weighted by Gasteiger charge is 2.24. The number of aryl methyl sites for hydroxylation is 5. The molecule has 1 N–H and O–H groups in total. The minimum atomic E-state index is -3.71. The lowest BCUT2D eigenvalue weighted by atomic mass is 9.92. The Morgan fingerprint density at radius 3 is 2.25 bits per heavy atom. The van der Waals surface area contributed by atoms with Crippen LogP contribution in [0.5, 0.6) is 0 Å². The summed E-state index contributed by atoms with van der Waals surface area (Å²) in [6.07, 6.45) is 4.15. The van der Waals surface area contributed by atoms with Gasteiger partial charge in [0.25, 0.3) is 0 Å². The summed E-state index contributed by atoms with van der Waals surface area (Å²) < 4.78 is 27.0. The molecule has 1 aliphatic carbocycles. The van der Waals surface area contributed by atoms with Crippen molar-refractivity contribution in [2.45, 2.75) is 51.3 Å². The number of anilines is 1. The van der Waals surface area contributed by atoms with Crippen LogP contribution in [0.1, 0.15) is 40.7 Å². The molecule has 0 heterocycles. The number of carbonyl (C=O) groups excluding carboxylic acids is 1. The van der Waals surface area contributed by atoms with Crippen LogP contribution in [0.4, 0.5) is 5.69 Å². The summed E-state index contributed by atoms with van der Waals surface area (Å²) in [6, 6.07) is 9.33. The van der Waals surface area contributed by atoms with Crippen molar-refractivity contribution in [3.63, 3.8) is 0 Å². The molecule has 6 heteroatoms. The molecule has 150 valence electrons. The summed E-state index contributed by atoms with van der Waals surface area (Å²) in [5, 5.41) is 2.87. The number of nitrogens with zero attached hydrogens (tertiary/aromatic N) is 1. The summed E-state index contributed by atoms with van der Waals surface area (Å²) in [5.74, 6) is -0.348. The van der Waals surface area contributed by atoms with Crippen LogP contribution in [-0.2, 0) is 27.7 Å². The third-order valence-corrected chi connectivity index (χ3v) is 7.14. The third-order valence-electron chi connectivity index (χ3n) is 5.34. The second-order valence-electron chi connectivity index (χ2n) is 7.72. The Bertz CT molecular complexity index is 989. The van der Waals surface area contributed by atoms with E-state index in [9.17, 15) is 13.2 Å². The number of amides is 1. The molecule has 5 nitrogen and oxygen atoms in total. The molecule has 0 atom stereocenters. The second kappa shape index (κ2) is 8.05. The number of benzene rings is 2. The lowest BCUT2D eigenvalue weighted by molar-refractivity contribution is -0.116. The lowest BCUT2D eigenvalue weighted by Gasteiger charge is -2.20. The first kappa shape index (κ1) is 20.6. The van der Waals surface area contributed by atoms with E-state index in [1.165, 1.54) is 12.6 Å². The van der Waals surface area contributed by atoms with E-state index in [1.54, 1.807) is 12.1 Å². The predicted octanol–water partition coefficient (Wildman–Crippen LogP) is 3.75. The van der Waals surface area contributed by atoms with Crippen LogP contribution in [-0.4, -0.2) is 32.2 Å². The van der Waals surface area contributed by atoms with Crippen molar-refractivity contribution in [3.05, 3.63) is 58.1 Å². The van der Waals surface area contributed by atoms with Gasteiger partial charge in [-0.2, -0.15) is 4.31 Å². The van der Waals surface area contributed by atoms with Gasteiger partial charge in [0, 0.05) is 12.7 Å². The number of rotatable bonds is 5. The van der Waals surface area contributed by atoms with Gasteiger partial charge in [0.2, 0.25) is 15.9 Å². The number of fused-ring (bicyclic) bond motifs is 1.